The fraction of sp³-hybridized carbons (Fsp3) is 1.00. The Bertz CT molecular complexity index is 168. The third-order valence-corrected chi connectivity index (χ3v) is 4.77. The van der Waals surface area contributed by atoms with Gasteiger partial charge < -0.3 is 0 Å². The molecular weight excluding hydrogens is 206 g/mol. The van der Waals surface area contributed by atoms with Gasteiger partial charge in [-0.25, -0.2) is 8.61 Å². The Kier molecular flexibility index (Phi) is 4.60. The van der Waals surface area contributed by atoms with Crippen LogP contribution in [0.3, 0.4) is 0 Å². The van der Waals surface area contributed by atoms with E-state index in [2.05, 4.69) is 0 Å². The monoisotopic (exact) mass is 226 g/mol. The van der Waals surface area contributed by atoms with Crippen LogP contribution < -0.4 is 0 Å². The van der Waals surface area contributed by atoms with Crippen LogP contribution in [0.15, 0.2) is 0 Å². The zero-order valence-corrected chi connectivity index (χ0v) is 9.82. The van der Waals surface area contributed by atoms with Crippen molar-refractivity contribution in [2.24, 2.45) is 0 Å². The number of nitrogens with zero attached hydrogens (tertiary/aromatic N) is 2. The van der Waals surface area contributed by atoms with Gasteiger partial charge in [0.05, 0.1) is 0 Å². The summed E-state index contributed by atoms with van der Waals surface area (Å²) in [5.41, 5.74) is 0. The van der Waals surface area contributed by atoms with Gasteiger partial charge in [-0.05, 0) is 12.8 Å². The maximum Gasteiger partial charge on any atom is 0.185 e. The van der Waals surface area contributed by atoms with Crippen molar-refractivity contribution in [3.8, 4) is 0 Å². The number of piperidine rings is 1. The van der Waals surface area contributed by atoms with Crippen molar-refractivity contribution in [3.63, 3.8) is 0 Å². The molecule has 0 aliphatic carbocycles. The van der Waals surface area contributed by atoms with Crippen LogP contribution in [0.1, 0.15) is 33.1 Å². The predicted molar refractivity (Wildman–Crippen MR) is 58.2 cm³/mol. The van der Waals surface area contributed by atoms with Gasteiger partial charge in [0.15, 0.2) is 11.2 Å². The summed E-state index contributed by atoms with van der Waals surface area (Å²) >= 11 is -3.66. The summed E-state index contributed by atoms with van der Waals surface area (Å²) in [5, 5.41) is 0. The van der Waals surface area contributed by atoms with Crippen LogP contribution in [0.5, 0.6) is 0 Å². The lowest BCUT2D eigenvalue weighted by atomic mass is 10.2. The van der Waals surface area contributed by atoms with Gasteiger partial charge in [0.1, 0.15) is 0 Å². The van der Waals surface area contributed by atoms with E-state index in [0.717, 1.165) is 19.3 Å². The molecule has 14 heavy (non-hydrogen) atoms. The predicted octanol–water partition coefficient (Wildman–Crippen LogP) is 3.22. The van der Waals surface area contributed by atoms with Crippen molar-refractivity contribution in [1.29, 1.82) is 0 Å². The molecule has 0 spiro atoms. The van der Waals surface area contributed by atoms with Crippen LogP contribution in [0.4, 0.5) is 7.77 Å². The Labute approximate surface area is 87.4 Å². The second-order valence-electron chi connectivity index (χ2n) is 3.52. The minimum absolute atomic E-state index is 0.440. The van der Waals surface area contributed by atoms with Crippen LogP contribution in [0.25, 0.3) is 0 Å². The molecule has 86 valence electrons. The van der Waals surface area contributed by atoms with Gasteiger partial charge in [0.2, 0.25) is 0 Å². The van der Waals surface area contributed by atoms with Gasteiger partial charge >= 0.3 is 0 Å². The van der Waals surface area contributed by atoms with E-state index in [1.165, 1.54) is 8.61 Å². The summed E-state index contributed by atoms with van der Waals surface area (Å²) < 4.78 is 30.5. The molecule has 1 fully saturated rings. The molecule has 1 aliphatic heterocycles. The summed E-state index contributed by atoms with van der Waals surface area (Å²) in [6.45, 7) is 5.62. The second-order valence-corrected chi connectivity index (χ2v) is 5.38. The number of hydrogen-bond acceptors (Lipinski definition) is 2. The first-order chi connectivity index (χ1) is 6.62. The molecular formula is C9H20F2N2S. The van der Waals surface area contributed by atoms with E-state index >= 15 is 0 Å². The van der Waals surface area contributed by atoms with Gasteiger partial charge in [-0.1, -0.05) is 20.3 Å². The minimum atomic E-state index is -3.66. The average molecular weight is 226 g/mol. The molecule has 0 bridgehead atoms. The maximum atomic E-state index is 13.9. The summed E-state index contributed by atoms with van der Waals surface area (Å²) in [4.78, 5) is 0. The van der Waals surface area contributed by atoms with Crippen molar-refractivity contribution in [1.82, 2.24) is 8.61 Å². The summed E-state index contributed by atoms with van der Waals surface area (Å²) in [6.07, 6.45) is 2.94. The molecule has 0 unspecified atom stereocenters. The van der Waals surface area contributed by atoms with Gasteiger partial charge in [0, 0.05) is 26.2 Å². The van der Waals surface area contributed by atoms with Gasteiger partial charge in [-0.2, -0.15) is 0 Å². The fourth-order valence-electron chi connectivity index (χ4n) is 1.78. The molecule has 0 amide bonds. The topological polar surface area (TPSA) is 6.48 Å². The molecule has 0 saturated carbocycles. The molecule has 0 N–H and O–H groups in total. The summed E-state index contributed by atoms with van der Waals surface area (Å²) in [7, 11) is 0. The first-order valence-corrected chi connectivity index (χ1v) is 6.70. The smallest absolute Gasteiger partial charge is 0.185 e. The fourth-order valence-corrected chi connectivity index (χ4v) is 3.43. The van der Waals surface area contributed by atoms with Crippen LogP contribution in [-0.4, -0.2) is 34.8 Å². The van der Waals surface area contributed by atoms with E-state index < -0.39 is 11.2 Å². The zero-order valence-electron chi connectivity index (χ0n) is 9.01. The van der Waals surface area contributed by atoms with E-state index in [4.69, 9.17) is 0 Å². The van der Waals surface area contributed by atoms with Gasteiger partial charge in [0.25, 0.3) is 0 Å². The molecule has 0 aromatic heterocycles. The minimum Gasteiger partial charge on any atom is -0.207 e. The van der Waals surface area contributed by atoms with Crippen LogP contribution >= 0.6 is 11.2 Å². The molecule has 0 atom stereocenters. The van der Waals surface area contributed by atoms with Crippen molar-refractivity contribution in [2.45, 2.75) is 33.1 Å². The van der Waals surface area contributed by atoms with Gasteiger partial charge in [-0.15, -0.1) is 7.77 Å². The number of halogens is 2. The molecule has 0 radical (unpaired) electrons. The maximum absolute atomic E-state index is 13.9. The van der Waals surface area contributed by atoms with E-state index in [-0.39, 0.29) is 0 Å². The zero-order chi connectivity index (χ0) is 10.6. The van der Waals surface area contributed by atoms with Crippen LogP contribution in [-0.2, 0) is 0 Å². The number of hydrogen-bond donors (Lipinski definition) is 0. The Morgan fingerprint density at radius 2 is 1.57 bits per heavy atom. The molecule has 0 aromatic rings. The first kappa shape index (κ1) is 12.2. The van der Waals surface area contributed by atoms with E-state index in [9.17, 15) is 7.77 Å². The van der Waals surface area contributed by atoms with E-state index in [0.29, 0.717) is 26.2 Å². The van der Waals surface area contributed by atoms with Crippen molar-refractivity contribution in [3.05, 3.63) is 0 Å². The average Bonchev–Trinajstić information content (AvgIpc) is 2.20. The highest BCUT2D eigenvalue weighted by Gasteiger charge is 2.37. The van der Waals surface area contributed by atoms with Crippen molar-refractivity contribution >= 4 is 11.2 Å². The Balaban J connectivity index is 2.60. The standard InChI is InChI=1S/C9H20F2N2S/c1-3-12(4-2)14(10,11)13-8-6-5-7-9-13/h3-9H2,1-2H3. The highest BCUT2D eigenvalue weighted by Crippen LogP contribution is 2.58. The van der Waals surface area contributed by atoms with E-state index in [1.807, 2.05) is 0 Å². The molecule has 1 rings (SSSR count). The number of rotatable bonds is 4. The molecule has 1 saturated heterocycles. The lowest BCUT2D eigenvalue weighted by Crippen LogP contribution is -2.38. The normalized spacial score (nSPS) is 21.5. The third-order valence-electron chi connectivity index (χ3n) is 2.64. The molecule has 5 heteroatoms. The van der Waals surface area contributed by atoms with Crippen LogP contribution in [0, 0.1) is 0 Å². The van der Waals surface area contributed by atoms with Crippen molar-refractivity contribution in [2.75, 3.05) is 26.2 Å². The second kappa shape index (κ2) is 5.28. The first-order valence-electron chi connectivity index (χ1n) is 5.35. The molecule has 1 aliphatic rings. The van der Waals surface area contributed by atoms with E-state index in [1.54, 1.807) is 13.8 Å². The lowest BCUT2D eigenvalue weighted by Gasteiger charge is -2.42. The third kappa shape index (κ3) is 2.58. The summed E-state index contributed by atoms with van der Waals surface area (Å²) in [5.74, 6) is 0. The lowest BCUT2D eigenvalue weighted by molar-refractivity contribution is 0.305. The highest BCUT2D eigenvalue weighted by atomic mass is 32.3. The largest absolute Gasteiger partial charge is 0.207 e. The van der Waals surface area contributed by atoms with Crippen LogP contribution in [0.2, 0.25) is 0 Å². The SMILES string of the molecule is CCN(CC)S(F)(F)N1CCCCC1. The Hall–Kier alpha value is 0.130. The summed E-state index contributed by atoms with van der Waals surface area (Å²) in [6, 6.07) is 0. The quantitative estimate of drug-likeness (QED) is 0.726. The molecule has 2 nitrogen and oxygen atoms in total. The molecule has 0 aromatic carbocycles. The Morgan fingerprint density at radius 3 is 2.00 bits per heavy atom. The van der Waals surface area contributed by atoms with Gasteiger partial charge in [-0.3, -0.25) is 0 Å². The molecule has 1 heterocycles. The Morgan fingerprint density at radius 1 is 1.07 bits per heavy atom. The van der Waals surface area contributed by atoms with Crippen molar-refractivity contribution < 1.29 is 7.77 Å². The highest BCUT2D eigenvalue weighted by molar-refractivity contribution is 8.21.